The number of piperidine rings is 1. The standard InChI is InChI=1S/C18H32N2O3/c1-18(2,13-21)12-19-17(23)15-8-9-16(22)20(11-15)10-14-6-4-3-5-7-14/h14-15,21H,3-13H2,1-2H3,(H,19,23)/t15-/m0/s1. The first-order valence-electron chi connectivity index (χ1n) is 9.07. The van der Waals surface area contributed by atoms with Gasteiger partial charge in [-0.25, -0.2) is 0 Å². The van der Waals surface area contributed by atoms with Gasteiger partial charge in [0, 0.05) is 38.1 Å². The summed E-state index contributed by atoms with van der Waals surface area (Å²) in [6.45, 7) is 5.74. The summed E-state index contributed by atoms with van der Waals surface area (Å²) in [5.74, 6) is 0.733. The highest BCUT2D eigenvalue weighted by Gasteiger charge is 2.32. The summed E-state index contributed by atoms with van der Waals surface area (Å²) in [6.07, 6.45) is 7.41. The lowest BCUT2D eigenvalue weighted by molar-refractivity contribution is -0.139. The first-order valence-corrected chi connectivity index (χ1v) is 9.07. The number of carbonyl (C=O) groups is 2. The van der Waals surface area contributed by atoms with Gasteiger partial charge in [0.05, 0.1) is 5.92 Å². The lowest BCUT2D eigenvalue weighted by Gasteiger charge is -2.36. The maximum atomic E-state index is 12.4. The number of carbonyl (C=O) groups excluding carboxylic acids is 2. The smallest absolute Gasteiger partial charge is 0.224 e. The summed E-state index contributed by atoms with van der Waals surface area (Å²) in [7, 11) is 0. The van der Waals surface area contributed by atoms with Crippen molar-refractivity contribution in [3.05, 3.63) is 0 Å². The molecule has 1 aliphatic heterocycles. The van der Waals surface area contributed by atoms with Gasteiger partial charge in [0.2, 0.25) is 11.8 Å². The molecule has 23 heavy (non-hydrogen) atoms. The van der Waals surface area contributed by atoms with Crippen LogP contribution in [0.1, 0.15) is 58.8 Å². The third-order valence-corrected chi connectivity index (χ3v) is 5.24. The Bertz CT molecular complexity index is 416. The summed E-state index contributed by atoms with van der Waals surface area (Å²) in [6, 6.07) is 0. The molecule has 1 heterocycles. The van der Waals surface area contributed by atoms with Crippen LogP contribution in [0.2, 0.25) is 0 Å². The zero-order chi connectivity index (χ0) is 16.9. The SMILES string of the molecule is CC(C)(CO)CNC(=O)[C@H]1CCC(=O)N(CC2CCCCC2)C1. The summed E-state index contributed by atoms with van der Waals surface area (Å²) in [5.41, 5.74) is -0.304. The Kier molecular flexibility index (Phi) is 6.45. The van der Waals surface area contributed by atoms with Crippen LogP contribution in [0.25, 0.3) is 0 Å². The number of amides is 2. The highest BCUT2D eigenvalue weighted by molar-refractivity contribution is 5.83. The van der Waals surface area contributed by atoms with Crippen molar-refractivity contribution < 1.29 is 14.7 Å². The molecule has 1 saturated carbocycles. The molecule has 0 aromatic heterocycles. The fourth-order valence-corrected chi connectivity index (χ4v) is 3.51. The number of aliphatic hydroxyl groups excluding tert-OH is 1. The highest BCUT2D eigenvalue weighted by Crippen LogP contribution is 2.27. The molecule has 0 spiro atoms. The van der Waals surface area contributed by atoms with E-state index in [0.717, 1.165) is 6.54 Å². The molecular formula is C18H32N2O3. The first-order chi connectivity index (χ1) is 10.9. The molecule has 5 nitrogen and oxygen atoms in total. The predicted molar refractivity (Wildman–Crippen MR) is 89.8 cm³/mol. The number of hydrogen-bond donors (Lipinski definition) is 2. The Hall–Kier alpha value is -1.10. The molecule has 0 aromatic carbocycles. The van der Waals surface area contributed by atoms with Gasteiger partial charge in [0.1, 0.15) is 0 Å². The van der Waals surface area contributed by atoms with Crippen molar-refractivity contribution in [1.29, 1.82) is 0 Å². The molecule has 5 heteroatoms. The van der Waals surface area contributed by atoms with Crippen molar-refractivity contribution in [2.24, 2.45) is 17.3 Å². The zero-order valence-electron chi connectivity index (χ0n) is 14.6. The lowest BCUT2D eigenvalue weighted by atomic mass is 9.87. The molecule has 132 valence electrons. The van der Waals surface area contributed by atoms with Crippen LogP contribution in [0.15, 0.2) is 0 Å². The van der Waals surface area contributed by atoms with Gasteiger partial charge in [-0.2, -0.15) is 0 Å². The summed E-state index contributed by atoms with van der Waals surface area (Å²) < 4.78 is 0. The van der Waals surface area contributed by atoms with E-state index < -0.39 is 0 Å². The second kappa shape index (κ2) is 8.13. The van der Waals surface area contributed by atoms with E-state index >= 15 is 0 Å². The van der Waals surface area contributed by atoms with Crippen molar-refractivity contribution >= 4 is 11.8 Å². The Balaban J connectivity index is 1.83. The highest BCUT2D eigenvalue weighted by atomic mass is 16.3. The molecular weight excluding hydrogens is 292 g/mol. The Morgan fingerprint density at radius 3 is 2.61 bits per heavy atom. The minimum absolute atomic E-state index is 0.0210. The van der Waals surface area contributed by atoms with E-state index in [-0.39, 0.29) is 29.8 Å². The summed E-state index contributed by atoms with van der Waals surface area (Å²) in [5, 5.41) is 12.2. The van der Waals surface area contributed by atoms with E-state index in [1.165, 1.54) is 32.1 Å². The molecule has 0 radical (unpaired) electrons. The minimum atomic E-state index is -0.304. The fourth-order valence-electron chi connectivity index (χ4n) is 3.51. The van der Waals surface area contributed by atoms with Gasteiger partial charge in [-0.15, -0.1) is 0 Å². The Labute approximate surface area is 139 Å². The van der Waals surface area contributed by atoms with Crippen LogP contribution in [0.5, 0.6) is 0 Å². The van der Waals surface area contributed by atoms with Crippen molar-refractivity contribution in [3.8, 4) is 0 Å². The molecule has 0 unspecified atom stereocenters. The Morgan fingerprint density at radius 1 is 1.26 bits per heavy atom. The van der Waals surface area contributed by atoms with Crippen LogP contribution in [0.3, 0.4) is 0 Å². The number of nitrogens with one attached hydrogen (secondary N) is 1. The van der Waals surface area contributed by atoms with E-state index in [4.69, 9.17) is 0 Å². The van der Waals surface area contributed by atoms with Crippen molar-refractivity contribution in [2.75, 3.05) is 26.2 Å². The minimum Gasteiger partial charge on any atom is -0.396 e. The van der Waals surface area contributed by atoms with E-state index in [2.05, 4.69) is 5.32 Å². The van der Waals surface area contributed by atoms with E-state index in [1.807, 2.05) is 18.7 Å². The molecule has 0 bridgehead atoms. The summed E-state index contributed by atoms with van der Waals surface area (Å²) in [4.78, 5) is 26.5. The van der Waals surface area contributed by atoms with Gasteiger partial charge in [0.25, 0.3) is 0 Å². The molecule has 2 aliphatic rings. The molecule has 2 N–H and O–H groups in total. The van der Waals surface area contributed by atoms with Gasteiger partial charge in [-0.05, 0) is 25.2 Å². The quantitative estimate of drug-likeness (QED) is 0.784. The molecule has 2 amide bonds. The molecule has 0 aromatic rings. The third-order valence-electron chi connectivity index (χ3n) is 5.24. The number of rotatable bonds is 6. The number of hydrogen-bond acceptors (Lipinski definition) is 3. The van der Waals surface area contributed by atoms with Gasteiger partial charge in [-0.1, -0.05) is 33.1 Å². The van der Waals surface area contributed by atoms with Gasteiger partial charge in [-0.3, -0.25) is 9.59 Å². The van der Waals surface area contributed by atoms with E-state index in [0.29, 0.717) is 31.8 Å². The number of aliphatic hydroxyl groups is 1. The monoisotopic (exact) mass is 324 g/mol. The van der Waals surface area contributed by atoms with Crippen molar-refractivity contribution in [1.82, 2.24) is 10.2 Å². The lowest BCUT2D eigenvalue weighted by Crippen LogP contribution is -2.48. The zero-order valence-corrected chi connectivity index (χ0v) is 14.6. The average molecular weight is 324 g/mol. The number of likely N-dealkylation sites (tertiary alicyclic amines) is 1. The predicted octanol–water partition coefficient (Wildman–Crippen LogP) is 1.94. The third kappa shape index (κ3) is 5.48. The molecule has 2 fully saturated rings. The normalized spacial score (nSPS) is 23.9. The largest absolute Gasteiger partial charge is 0.396 e. The average Bonchev–Trinajstić information content (AvgIpc) is 2.56. The van der Waals surface area contributed by atoms with Crippen LogP contribution >= 0.6 is 0 Å². The molecule has 2 rings (SSSR count). The second-order valence-electron chi connectivity index (χ2n) is 8.08. The summed E-state index contributed by atoms with van der Waals surface area (Å²) >= 11 is 0. The maximum absolute atomic E-state index is 12.4. The van der Waals surface area contributed by atoms with Crippen LogP contribution in [-0.2, 0) is 9.59 Å². The molecule has 1 aliphatic carbocycles. The Morgan fingerprint density at radius 2 is 1.96 bits per heavy atom. The second-order valence-corrected chi connectivity index (χ2v) is 8.08. The first kappa shape index (κ1) is 18.2. The van der Waals surface area contributed by atoms with Gasteiger partial charge in [0.15, 0.2) is 0 Å². The van der Waals surface area contributed by atoms with Crippen molar-refractivity contribution in [2.45, 2.75) is 58.8 Å². The fraction of sp³-hybridized carbons (Fsp3) is 0.889. The van der Waals surface area contributed by atoms with E-state index in [9.17, 15) is 14.7 Å². The van der Waals surface area contributed by atoms with Crippen LogP contribution in [-0.4, -0.2) is 48.1 Å². The van der Waals surface area contributed by atoms with Crippen LogP contribution in [0, 0.1) is 17.3 Å². The van der Waals surface area contributed by atoms with Crippen LogP contribution < -0.4 is 5.32 Å². The van der Waals surface area contributed by atoms with Crippen molar-refractivity contribution in [3.63, 3.8) is 0 Å². The molecule has 1 saturated heterocycles. The molecule has 1 atom stereocenters. The topological polar surface area (TPSA) is 69.6 Å². The van der Waals surface area contributed by atoms with Gasteiger partial charge >= 0.3 is 0 Å². The van der Waals surface area contributed by atoms with E-state index in [1.54, 1.807) is 0 Å². The number of nitrogens with zero attached hydrogens (tertiary/aromatic N) is 1. The van der Waals surface area contributed by atoms with Crippen LogP contribution in [0.4, 0.5) is 0 Å². The van der Waals surface area contributed by atoms with Gasteiger partial charge < -0.3 is 15.3 Å². The maximum Gasteiger partial charge on any atom is 0.224 e.